The highest BCUT2D eigenvalue weighted by Gasteiger charge is 2.23. The zero-order valence-corrected chi connectivity index (χ0v) is 8.68. The lowest BCUT2D eigenvalue weighted by Gasteiger charge is -2.30. The highest BCUT2D eigenvalue weighted by molar-refractivity contribution is 5.80. The van der Waals surface area contributed by atoms with Crippen molar-refractivity contribution in [3.63, 3.8) is 0 Å². The molecule has 1 aliphatic heterocycles. The average Bonchev–Trinajstić information content (AvgIpc) is 2.04. The van der Waals surface area contributed by atoms with Gasteiger partial charge in [-0.2, -0.15) is 0 Å². The van der Waals surface area contributed by atoms with Gasteiger partial charge in [0.05, 0.1) is 0 Å². The Labute approximate surface area is 79.6 Å². The summed E-state index contributed by atoms with van der Waals surface area (Å²) in [4.78, 5) is 11.6. The van der Waals surface area contributed by atoms with E-state index in [-0.39, 0.29) is 11.3 Å². The molecule has 4 nitrogen and oxygen atoms in total. The van der Waals surface area contributed by atoms with Gasteiger partial charge in [0.25, 0.3) is 0 Å². The minimum atomic E-state index is -0.301. The molecule has 0 saturated carbocycles. The summed E-state index contributed by atoms with van der Waals surface area (Å²) in [5.41, 5.74) is 2.61. The molecule has 0 unspecified atom stereocenters. The number of piperazine rings is 1. The molecule has 0 radical (unpaired) electrons. The van der Waals surface area contributed by atoms with Gasteiger partial charge >= 0.3 is 0 Å². The molecule has 0 aromatic rings. The Balaban J connectivity index is 2.35. The summed E-state index contributed by atoms with van der Waals surface area (Å²) < 4.78 is 0. The minimum Gasteiger partial charge on any atom is -0.314 e. The molecule has 4 heteroatoms. The number of nitrogens with one attached hydrogen (secondary N) is 2. The largest absolute Gasteiger partial charge is 0.314 e. The second kappa shape index (κ2) is 4.07. The normalized spacial score (nSPS) is 19.9. The molecule has 13 heavy (non-hydrogen) atoms. The average molecular weight is 185 g/mol. The molecule has 0 aromatic carbocycles. The van der Waals surface area contributed by atoms with Gasteiger partial charge in [-0.25, -0.2) is 5.01 Å². The number of amides is 1. The molecule has 1 fully saturated rings. The van der Waals surface area contributed by atoms with Gasteiger partial charge < -0.3 is 5.32 Å². The number of hydrazine groups is 1. The fourth-order valence-corrected chi connectivity index (χ4v) is 1.09. The predicted molar refractivity (Wildman–Crippen MR) is 52.0 cm³/mol. The number of hydrogen-bond acceptors (Lipinski definition) is 3. The van der Waals surface area contributed by atoms with Crippen LogP contribution in [0.2, 0.25) is 0 Å². The number of carbonyl (C=O) groups is 1. The second-order valence-electron chi connectivity index (χ2n) is 4.43. The van der Waals surface area contributed by atoms with Crippen LogP contribution >= 0.6 is 0 Å². The van der Waals surface area contributed by atoms with Gasteiger partial charge in [-0.3, -0.25) is 10.2 Å². The molecular weight excluding hydrogens is 166 g/mol. The van der Waals surface area contributed by atoms with Gasteiger partial charge in [-0.05, 0) is 0 Å². The zero-order chi connectivity index (χ0) is 9.90. The maximum atomic E-state index is 11.6. The molecule has 76 valence electrons. The SMILES string of the molecule is CC(C)(C)C(=O)NN1CCNCC1. The van der Waals surface area contributed by atoms with E-state index in [4.69, 9.17) is 0 Å². The summed E-state index contributed by atoms with van der Waals surface area (Å²) in [6, 6.07) is 0. The molecule has 1 saturated heterocycles. The smallest absolute Gasteiger partial charge is 0.239 e. The summed E-state index contributed by atoms with van der Waals surface area (Å²) in [6.07, 6.45) is 0. The molecule has 0 aromatic heterocycles. The molecule has 1 rings (SSSR count). The lowest BCUT2D eigenvalue weighted by atomic mass is 9.96. The van der Waals surface area contributed by atoms with E-state index in [1.807, 2.05) is 25.8 Å². The standard InChI is InChI=1S/C9H19N3O/c1-9(2,3)8(13)11-12-6-4-10-5-7-12/h10H,4-7H2,1-3H3,(H,11,13). The first-order valence-corrected chi connectivity index (χ1v) is 4.77. The highest BCUT2D eigenvalue weighted by Crippen LogP contribution is 2.12. The first-order valence-electron chi connectivity index (χ1n) is 4.77. The summed E-state index contributed by atoms with van der Waals surface area (Å²) >= 11 is 0. The van der Waals surface area contributed by atoms with Crippen LogP contribution in [-0.2, 0) is 4.79 Å². The van der Waals surface area contributed by atoms with Crippen LogP contribution in [0.15, 0.2) is 0 Å². The first kappa shape index (κ1) is 10.5. The van der Waals surface area contributed by atoms with Crippen LogP contribution in [0.4, 0.5) is 0 Å². The lowest BCUT2D eigenvalue weighted by Crippen LogP contribution is -2.54. The molecule has 1 aliphatic rings. The predicted octanol–water partition coefficient (Wildman–Crippen LogP) is -0.0311. The molecule has 0 aliphatic carbocycles. The van der Waals surface area contributed by atoms with Crippen LogP contribution in [0.5, 0.6) is 0 Å². The Morgan fingerprint density at radius 2 is 1.85 bits per heavy atom. The molecule has 1 heterocycles. The fraction of sp³-hybridized carbons (Fsp3) is 0.889. The summed E-state index contributed by atoms with van der Waals surface area (Å²) in [6.45, 7) is 9.44. The van der Waals surface area contributed by atoms with Crippen LogP contribution in [0.3, 0.4) is 0 Å². The van der Waals surface area contributed by atoms with Crippen LogP contribution < -0.4 is 10.7 Å². The molecular formula is C9H19N3O. The Kier molecular flexibility index (Phi) is 3.27. The minimum absolute atomic E-state index is 0.0920. The van der Waals surface area contributed by atoms with Crippen molar-refractivity contribution in [1.82, 2.24) is 15.8 Å². The zero-order valence-electron chi connectivity index (χ0n) is 8.68. The van der Waals surface area contributed by atoms with E-state index in [2.05, 4.69) is 10.7 Å². The highest BCUT2D eigenvalue weighted by atomic mass is 16.2. The Morgan fingerprint density at radius 3 is 2.31 bits per heavy atom. The monoisotopic (exact) mass is 185 g/mol. The Hall–Kier alpha value is -0.610. The van der Waals surface area contributed by atoms with Crippen LogP contribution in [0, 0.1) is 5.41 Å². The number of rotatable bonds is 1. The Morgan fingerprint density at radius 1 is 1.31 bits per heavy atom. The van der Waals surface area contributed by atoms with E-state index < -0.39 is 0 Å². The van der Waals surface area contributed by atoms with Crippen molar-refractivity contribution in [2.45, 2.75) is 20.8 Å². The maximum absolute atomic E-state index is 11.6. The van der Waals surface area contributed by atoms with Crippen molar-refractivity contribution in [3.8, 4) is 0 Å². The molecule has 0 spiro atoms. The number of carbonyl (C=O) groups excluding carboxylic acids is 1. The van der Waals surface area contributed by atoms with Gasteiger partial charge in [0.15, 0.2) is 0 Å². The number of hydrogen-bond donors (Lipinski definition) is 2. The van der Waals surface area contributed by atoms with Crippen molar-refractivity contribution in [3.05, 3.63) is 0 Å². The van der Waals surface area contributed by atoms with Crippen LogP contribution in [0.1, 0.15) is 20.8 Å². The summed E-state index contributed by atoms with van der Waals surface area (Å²) in [5, 5.41) is 5.21. The van der Waals surface area contributed by atoms with Gasteiger partial charge in [0, 0.05) is 31.6 Å². The van der Waals surface area contributed by atoms with E-state index in [1.54, 1.807) is 0 Å². The van der Waals surface area contributed by atoms with E-state index in [0.717, 1.165) is 26.2 Å². The molecule has 0 bridgehead atoms. The third kappa shape index (κ3) is 3.32. The molecule has 2 N–H and O–H groups in total. The van der Waals surface area contributed by atoms with E-state index >= 15 is 0 Å². The third-order valence-electron chi connectivity index (χ3n) is 2.06. The van der Waals surface area contributed by atoms with Gasteiger partial charge in [-0.15, -0.1) is 0 Å². The first-order chi connectivity index (χ1) is 6.00. The van der Waals surface area contributed by atoms with Crippen LogP contribution in [-0.4, -0.2) is 37.1 Å². The van der Waals surface area contributed by atoms with Gasteiger partial charge in [0.1, 0.15) is 0 Å². The Bertz CT molecular complexity index is 180. The number of nitrogens with zero attached hydrogens (tertiary/aromatic N) is 1. The van der Waals surface area contributed by atoms with Crippen LogP contribution in [0.25, 0.3) is 0 Å². The molecule has 1 amide bonds. The lowest BCUT2D eigenvalue weighted by molar-refractivity contribution is -0.133. The van der Waals surface area contributed by atoms with Crippen molar-refractivity contribution >= 4 is 5.91 Å². The van der Waals surface area contributed by atoms with Gasteiger partial charge in [0.2, 0.25) is 5.91 Å². The van der Waals surface area contributed by atoms with E-state index in [9.17, 15) is 4.79 Å². The fourth-order valence-electron chi connectivity index (χ4n) is 1.09. The van der Waals surface area contributed by atoms with Gasteiger partial charge in [-0.1, -0.05) is 20.8 Å². The second-order valence-corrected chi connectivity index (χ2v) is 4.43. The van der Waals surface area contributed by atoms with Crippen molar-refractivity contribution in [1.29, 1.82) is 0 Å². The van der Waals surface area contributed by atoms with E-state index in [1.165, 1.54) is 0 Å². The van der Waals surface area contributed by atoms with Crippen molar-refractivity contribution < 1.29 is 4.79 Å². The summed E-state index contributed by atoms with van der Waals surface area (Å²) in [7, 11) is 0. The quantitative estimate of drug-likeness (QED) is 0.603. The van der Waals surface area contributed by atoms with E-state index in [0.29, 0.717) is 0 Å². The molecule has 0 atom stereocenters. The summed E-state index contributed by atoms with van der Waals surface area (Å²) in [5.74, 6) is 0.0920. The topological polar surface area (TPSA) is 44.4 Å². The van der Waals surface area contributed by atoms with Crippen molar-refractivity contribution in [2.24, 2.45) is 5.41 Å². The van der Waals surface area contributed by atoms with Crippen molar-refractivity contribution in [2.75, 3.05) is 26.2 Å². The third-order valence-corrected chi connectivity index (χ3v) is 2.06. The maximum Gasteiger partial charge on any atom is 0.239 e.